The summed E-state index contributed by atoms with van der Waals surface area (Å²) in [5.74, 6) is 0.0476. The molecule has 152 valence electrons. The summed E-state index contributed by atoms with van der Waals surface area (Å²) in [5.41, 5.74) is 0.651. The van der Waals surface area contributed by atoms with Crippen molar-refractivity contribution < 1.29 is 22.7 Å². The lowest BCUT2D eigenvalue weighted by molar-refractivity contribution is 0.103. The molecule has 0 aliphatic heterocycles. The van der Waals surface area contributed by atoms with E-state index in [0.29, 0.717) is 16.5 Å². The van der Waals surface area contributed by atoms with Crippen molar-refractivity contribution in [1.29, 1.82) is 0 Å². The van der Waals surface area contributed by atoms with Gasteiger partial charge in [-0.2, -0.15) is 0 Å². The Labute approximate surface area is 177 Å². The van der Waals surface area contributed by atoms with Gasteiger partial charge < -0.3 is 14.8 Å². The van der Waals surface area contributed by atoms with E-state index in [-0.39, 0.29) is 21.2 Å². The maximum atomic E-state index is 12.9. The molecule has 3 aromatic rings. The molecule has 7 nitrogen and oxygen atoms in total. The lowest BCUT2D eigenvalue weighted by atomic mass is 10.3. The number of benzene rings is 2. The number of anilines is 2. The number of hydrogen-bond donors (Lipinski definition) is 2. The van der Waals surface area contributed by atoms with E-state index < -0.39 is 15.9 Å². The van der Waals surface area contributed by atoms with Gasteiger partial charge in [0, 0.05) is 16.8 Å². The monoisotopic (exact) mass is 452 g/mol. The average molecular weight is 453 g/mol. The molecule has 1 aromatic heterocycles. The highest BCUT2D eigenvalue weighted by Gasteiger charge is 2.24. The lowest BCUT2D eigenvalue weighted by Crippen LogP contribution is -2.17. The highest BCUT2D eigenvalue weighted by atomic mass is 35.5. The average Bonchev–Trinajstić information content (AvgIpc) is 3.15. The predicted molar refractivity (Wildman–Crippen MR) is 114 cm³/mol. The fourth-order valence-corrected chi connectivity index (χ4v) is 4.77. The highest BCUT2D eigenvalue weighted by Crippen LogP contribution is 2.32. The Morgan fingerprint density at radius 2 is 1.86 bits per heavy atom. The number of hydrogen-bond acceptors (Lipinski definition) is 6. The molecule has 0 saturated carbocycles. The molecule has 0 unspecified atom stereocenters. The molecule has 2 aromatic carbocycles. The largest absolute Gasteiger partial charge is 0.497 e. The summed E-state index contributed by atoms with van der Waals surface area (Å²) in [6.07, 6.45) is 0. The molecular weight excluding hydrogens is 436 g/mol. The van der Waals surface area contributed by atoms with Crippen molar-refractivity contribution in [2.75, 3.05) is 24.3 Å². The summed E-state index contributed by atoms with van der Waals surface area (Å²) in [6.45, 7) is 0. The Bertz CT molecular complexity index is 1150. The quantitative estimate of drug-likeness (QED) is 0.551. The normalized spacial score (nSPS) is 11.0. The van der Waals surface area contributed by atoms with Gasteiger partial charge in [-0.1, -0.05) is 17.7 Å². The molecular formula is C19H17ClN2O5S2. The van der Waals surface area contributed by atoms with Crippen molar-refractivity contribution in [3.8, 4) is 11.5 Å². The van der Waals surface area contributed by atoms with Gasteiger partial charge in [-0.05, 0) is 41.8 Å². The molecule has 0 spiro atoms. The Hall–Kier alpha value is -2.75. The van der Waals surface area contributed by atoms with Crippen LogP contribution in [0.4, 0.5) is 11.4 Å². The smallest absolute Gasteiger partial charge is 0.267 e. The summed E-state index contributed by atoms with van der Waals surface area (Å²) >= 11 is 7.04. The second-order valence-electron chi connectivity index (χ2n) is 5.75. The zero-order valence-corrected chi connectivity index (χ0v) is 17.8. The SMILES string of the molecule is COc1ccc(OC)c(S(=O)(=O)Nc2ccsc2C(=O)Nc2cccc(Cl)c2)c1. The molecule has 0 aliphatic rings. The molecule has 1 amide bonds. The van der Waals surface area contributed by atoms with Crippen molar-refractivity contribution in [3.63, 3.8) is 0 Å². The van der Waals surface area contributed by atoms with Crippen LogP contribution < -0.4 is 19.5 Å². The number of rotatable bonds is 7. The van der Waals surface area contributed by atoms with Crippen molar-refractivity contribution in [3.05, 3.63) is 63.8 Å². The van der Waals surface area contributed by atoms with Gasteiger partial charge in [-0.15, -0.1) is 11.3 Å². The number of amides is 1. The molecule has 2 N–H and O–H groups in total. The second-order valence-corrected chi connectivity index (χ2v) is 8.75. The summed E-state index contributed by atoms with van der Waals surface area (Å²) < 4.78 is 38.6. The van der Waals surface area contributed by atoms with Crippen molar-refractivity contribution >= 4 is 50.2 Å². The number of nitrogens with one attached hydrogen (secondary N) is 2. The van der Waals surface area contributed by atoms with E-state index in [1.54, 1.807) is 35.7 Å². The predicted octanol–water partition coefficient (Wildman–Crippen LogP) is 4.47. The first kappa shape index (κ1) is 21.0. The van der Waals surface area contributed by atoms with Gasteiger partial charge in [0.05, 0.1) is 19.9 Å². The van der Waals surface area contributed by atoms with E-state index in [1.165, 1.54) is 32.4 Å². The zero-order valence-electron chi connectivity index (χ0n) is 15.4. The highest BCUT2D eigenvalue weighted by molar-refractivity contribution is 7.92. The van der Waals surface area contributed by atoms with E-state index in [0.717, 1.165) is 11.3 Å². The maximum Gasteiger partial charge on any atom is 0.267 e. The fraction of sp³-hybridized carbons (Fsp3) is 0.105. The number of halogens is 1. The molecule has 3 rings (SSSR count). The topological polar surface area (TPSA) is 93.7 Å². The molecule has 1 heterocycles. The van der Waals surface area contributed by atoms with Crippen LogP contribution in [0.3, 0.4) is 0 Å². The van der Waals surface area contributed by atoms with Crippen molar-refractivity contribution in [2.24, 2.45) is 0 Å². The van der Waals surface area contributed by atoms with Gasteiger partial charge in [-0.3, -0.25) is 9.52 Å². The number of sulfonamides is 1. The zero-order chi connectivity index (χ0) is 21.0. The van der Waals surface area contributed by atoms with Crippen molar-refractivity contribution in [2.45, 2.75) is 4.90 Å². The third kappa shape index (κ3) is 4.81. The third-order valence-electron chi connectivity index (χ3n) is 3.86. The standard InChI is InChI=1S/C19H17ClN2O5S2/c1-26-14-6-7-16(27-2)17(11-14)29(24,25)22-15-8-9-28-18(15)19(23)21-13-5-3-4-12(20)10-13/h3-11,22H,1-2H3,(H,21,23). The maximum absolute atomic E-state index is 12.9. The number of methoxy groups -OCH3 is 2. The van der Waals surface area contributed by atoms with E-state index in [1.807, 2.05) is 0 Å². The molecule has 0 saturated heterocycles. The molecule has 29 heavy (non-hydrogen) atoms. The molecule has 0 radical (unpaired) electrons. The van der Waals surface area contributed by atoms with Crippen LogP contribution in [0.2, 0.25) is 5.02 Å². The van der Waals surface area contributed by atoms with Crippen LogP contribution in [0.5, 0.6) is 11.5 Å². The second kappa shape index (κ2) is 8.73. The molecule has 0 atom stereocenters. The molecule has 0 bridgehead atoms. The fourth-order valence-electron chi connectivity index (χ4n) is 2.51. The minimum Gasteiger partial charge on any atom is -0.497 e. The Morgan fingerprint density at radius 1 is 1.07 bits per heavy atom. The van der Waals surface area contributed by atoms with Crippen LogP contribution in [0.15, 0.2) is 58.8 Å². The van der Waals surface area contributed by atoms with Crippen LogP contribution in [-0.4, -0.2) is 28.5 Å². The van der Waals surface area contributed by atoms with Gasteiger partial charge in [0.1, 0.15) is 21.3 Å². The summed E-state index contributed by atoms with van der Waals surface area (Å²) in [7, 11) is -1.24. The third-order valence-corrected chi connectivity index (χ3v) is 6.39. The van der Waals surface area contributed by atoms with Gasteiger partial charge in [0.25, 0.3) is 15.9 Å². The Balaban J connectivity index is 1.88. The van der Waals surface area contributed by atoms with Gasteiger partial charge in [0.2, 0.25) is 0 Å². The lowest BCUT2D eigenvalue weighted by Gasteiger charge is -2.13. The number of carbonyl (C=O) groups excluding carboxylic acids is 1. The number of thiophene rings is 1. The minimum absolute atomic E-state index is 0.105. The number of ether oxygens (including phenoxy) is 2. The van der Waals surface area contributed by atoms with Crippen molar-refractivity contribution in [1.82, 2.24) is 0 Å². The van der Waals surface area contributed by atoms with E-state index in [4.69, 9.17) is 21.1 Å². The minimum atomic E-state index is -4.04. The summed E-state index contributed by atoms with van der Waals surface area (Å²) in [6, 6.07) is 12.6. The Morgan fingerprint density at radius 3 is 2.55 bits per heavy atom. The van der Waals surface area contributed by atoms with Crippen LogP contribution in [0, 0.1) is 0 Å². The Kier molecular flexibility index (Phi) is 6.31. The molecule has 10 heteroatoms. The van der Waals surface area contributed by atoms with Gasteiger partial charge >= 0.3 is 0 Å². The first-order valence-corrected chi connectivity index (χ1v) is 11.0. The van der Waals surface area contributed by atoms with Crippen LogP contribution in [-0.2, 0) is 10.0 Å². The van der Waals surface area contributed by atoms with Crippen LogP contribution >= 0.6 is 22.9 Å². The summed E-state index contributed by atoms with van der Waals surface area (Å²) in [4.78, 5) is 12.7. The van der Waals surface area contributed by atoms with Gasteiger partial charge in [0.15, 0.2) is 0 Å². The first-order chi connectivity index (χ1) is 13.8. The van der Waals surface area contributed by atoms with E-state index in [2.05, 4.69) is 10.0 Å². The number of carbonyl (C=O) groups is 1. The summed E-state index contributed by atoms with van der Waals surface area (Å²) in [5, 5.41) is 4.79. The molecule has 0 aliphatic carbocycles. The van der Waals surface area contributed by atoms with Crippen LogP contribution in [0.1, 0.15) is 9.67 Å². The van der Waals surface area contributed by atoms with E-state index in [9.17, 15) is 13.2 Å². The van der Waals surface area contributed by atoms with Gasteiger partial charge in [-0.25, -0.2) is 8.42 Å². The molecule has 0 fully saturated rings. The van der Waals surface area contributed by atoms with E-state index >= 15 is 0 Å². The first-order valence-electron chi connectivity index (χ1n) is 8.23. The van der Waals surface area contributed by atoms with Crippen LogP contribution in [0.25, 0.3) is 0 Å².